The molecular weight excluding hydrogens is 178 g/mol. The number of rotatable bonds is 3. The highest BCUT2D eigenvalue weighted by Crippen LogP contribution is 2.28. The van der Waals surface area contributed by atoms with Crippen molar-refractivity contribution < 1.29 is 9.84 Å². The standard InChI is InChI=1S/C11H17NO2/c1-7-5-4-6-9(14-3)10(7)11(12)8(2)13/h4-6,8,11,13H,12H2,1-3H3. The van der Waals surface area contributed by atoms with Crippen molar-refractivity contribution in [2.45, 2.75) is 26.0 Å². The van der Waals surface area contributed by atoms with Crippen LogP contribution in [0.15, 0.2) is 18.2 Å². The van der Waals surface area contributed by atoms with E-state index in [0.29, 0.717) is 0 Å². The molecule has 0 aliphatic heterocycles. The van der Waals surface area contributed by atoms with Gasteiger partial charge in [-0.2, -0.15) is 0 Å². The van der Waals surface area contributed by atoms with Crippen molar-refractivity contribution in [1.29, 1.82) is 0 Å². The second-order valence-corrected chi connectivity index (χ2v) is 3.46. The molecule has 0 bridgehead atoms. The maximum absolute atomic E-state index is 9.44. The molecule has 14 heavy (non-hydrogen) atoms. The summed E-state index contributed by atoms with van der Waals surface area (Å²) in [6, 6.07) is 5.32. The molecule has 3 nitrogen and oxygen atoms in total. The van der Waals surface area contributed by atoms with Crippen molar-refractivity contribution in [3.8, 4) is 5.75 Å². The van der Waals surface area contributed by atoms with Crippen LogP contribution in [0.1, 0.15) is 24.1 Å². The van der Waals surface area contributed by atoms with E-state index in [1.807, 2.05) is 25.1 Å². The van der Waals surface area contributed by atoms with E-state index in [4.69, 9.17) is 10.5 Å². The van der Waals surface area contributed by atoms with Gasteiger partial charge in [0.05, 0.1) is 19.3 Å². The Morgan fingerprint density at radius 2 is 2.07 bits per heavy atom. The summed E-state index contributed by atoms with van der Waals surface area (Å²) >= 11 is 0. The fourth-order valence-corrected chi connectivity index (χ4v) is 1.50. The van der Waals surface area contributed by atoms with Gasteiger partial charge in [0.1, 0.15) is 5.75 Å². The molecule has 1 aromatic carbocycles. The first-order chi connectivity index (χ1) is 6.57. The quantitative estimate of drug-likeness (QED) is 0.766. The molecule has 0 saturated carbocycles. The highest BCUT2D eigenvalue weighted by atomic mass is 16.5. The Labute approximate surface area is 84.5 Å². The summed E-state index contributed by atoms with van der Waals surface area (Å²) in [6.45, 7) is 3.64. The van der Waals surface area contributed by atoms with Crippen molar-refractivity contribution in [2.75, 3.05) is 7.11 Å². The largest absolute Gasteiger partial charge is 0.496 e. The van der Waals surface area contributed by atoms with E-state index < -0.39 is 12.1 Å². The number of benzene rings is 1. The Balaban J connectivity index is 3.16. The van der Waals surface area contributed by atoms with Gasteiger partial charge in [0.25, 0.3) is 0 Å². The first-order valence-electron chi connectivity index (χ1n) is 4.65. The SMILES string of the molecule is COc1cccc(C)c1C(N)C(C)O. The summed E-state index contributed by atoms with van der Waals surface area (Å²) in [6.07, 6.45) is -0.579. The second kappa shape index (κ2) is 4.44. The van der Waals surface area contributed by atoms with Gasteiger partial charge in [-0.15, -0.1) is 0 Å². The lowest BCUT2D eigenvalue weighted by atomic mass is 9.97. The number of hydrogen-bond acceptors (Lipinski definition) is 3. The smallest absolute Gasteiger partial charge is 0.123 e. The fourth-order valence-electron chi connectivity index (χ4n) is 1.50. The fraction of sp³-hybridized carbons (Fsp3) is 0.455. The number of aliphatic hydroxyl groups is 1. The monoisotopic (exact) mass is 195 g/mol. The lowest BCUT2D eigenvalue weighted by Crippen LogP contribution is -2.24. The maximum atomic E-state index is 9.44. The summed E-state index contributed by atoms with van der Waals surface area (Å²) in [5.74, 6) is 0.735. The van der Waals surface area contributed by atoms with E-state index in [1.54, 1.807) is 14.0 Å². The van der Waals surface area contributed by atoms with Gasteiger partial charge in [-0.3, -0.25) is 0 Å². The molecule has 0 amide bonds. The predicted octanol–water partition coefficient (Wildman–Crippen LogP) is 1.38. The third-order valence-corrected chi connectivity index (χ3v) is 2.36. The van der Waals surface area contributed by atoms with E-state index >= 15 is 0 Å². The van der Waals surface area contributed by atoms with Crippen LogP contribution in [0.4, 0.5) is 0 Å². The van der Waals surface area contributed by atoms with Crippen molar-refractivity contribution >= 4 is 0 Å². The summed E-state index contributed by atoms with van der Waals surface area (Å²) in [5.41, 5.74) is 7.80. The molecule has 78 valence electrons. The van der Waals surface area contributed by atoms with E-state index in [-0.39, 0.29) is 0 Å². The lowest BCUT2D eigenvalue weighted by Gasteiger charge is -2.20. The van der Waals surface area contributed by atoms with Gasteiger partial charge in [-0.25, -0.2) is 0 Å². The molecule has 0 radical (unpaired) electrons. The van der Waals surface area contributed by atoms with Crippen LogP contribution in [0.2, 0.25) is 0 Å². The molecule has 3 heteroatoms. The average Bonchev–Trinajstić information content (AvgIpc) is 2.16. The zero-order valence-corrected chi connectivity index (χ0v) is 8.82. The molecule has 1 aromatic rings. The molecule has 2 unspecified atom stereocenters. The molecule has 0 aromatic heterocycles. The second-order valence-electron chi connectivity index (χ2n) is 3.46. The molecule has 0 aliphatic rings. The van der Waals surface area contributed by atoms with Crippen molar-refractivity contribution in [3.63, 3.8) is 0 Å². The highest BCUT2D eigenvalue weighted by Gasteiger charge is 2.18. The van der Waals surface area contributed by atoms with Crippen LogP contribution < -0.4 is 10.5 Å². The third-order valence-electron chi connectivity index (χ3n) is 2.36. The van der Waals surface area contributed by atoms with Gasteiger partial charge in [0.15, 0.2) is 0 Å². The minimum absolute atomic E-state index is 0.397. The number of nitrogens with two attached hydrogens (primary N) is 1. The minimum Gasteiger partial charge on any atom is -0.496 e. The van der Waals surface area contributed by atoms with E-state index in [0.717, 1.165) is 16.9 Å². The van der Waals surface area contributed by atoms with Gasteiger partial charge in [0, 0.05) is 5.56 Å². The topological polar surface area (TPSA) is 55.5 Å². The van der Waals surface area contributed by atoms with Gasteiger partial charge >= 0.3 is 0 Å². The molecule has 0 spiro atoms. The average molecular weight is 195 g/mol. The molecule has 0 fully saturated rings. The summed E-state index contributed by atoms with van der Waals surface area (Å²) in [7, 11) is 1.60. The van der Waals surface area contributed by atoms with Crippen molar-refractivity contribution in [2.24, 2.45) is 5.73 Å². The number of aryl methyl sites for hydroxylation is 1. The molecule has 1 rings (SSSR count). The summed E-state index contributed by atoms with van der Waals surface area (Å²) in [4.78, 5) is 0. The highest BCUT2D eigenvalue weighted by molar-refractivity contribution is 5.42. The van der Waals surface area contributed by atoms with Gasteiger partial charge in [-0.05, 0) is 25.5 Å². The Kier molecular flexibility index (Phi) is 3.49. The summed E-state index contributed by atoms with van der Waals surface area (Å²) < 4.78 is 5.21. The normalized spacial score (nSPS) is 14.9. The first-order valence-corrected chi connectivity index (χ1v) is 4.65. The van der Waals surface area contributed by atoms with E-state index in [9.17, 15) is 5.11 Å². The van der Waals surface area contributed by atoms with Crippen LogP contribution in [-0.4, -0.2) is 18.3 Å². The molecule has 0 heterocycles. The van der Waals surface area contributed by atoms with Crippen LogP contribution >= 0.6 is 0 Å². The Morgan fingerprint density at radius 1 is 1.43 bits per heavy atom. The predicted molar refractivity (Wildman–Crippen MR) is 56.3 cm³/mol. The van der Waals surface area contributed by atoms with Gasteiger partial charge < -0.3 is 15.6 Å². The number of ether oxygens (including phenoxy) is 1. The molecule has 0 saturated heterocycles. The zero-order chi connectivity index (χ0) is 10.7. The summed E-state index contributed by atoms with van der Waals surface area (Å²) in [5, 5.41) is 9.44. The lowest BCUT2D eigenvalue weighted by molar-refractivity contribution is 0.162. The number of methoxy groups -OCH3 is 1. The van der Waals surface area contributed by atoms with Gasteiger partial charge in [0.2, 0.25) is 0 Å². The molecular formula is C11H17NO2. The van der Waals surface area contributed by atoms with Crippen molar-refractivity contribution in [1.82, 2.24) is 0 Å². The van der Waals surface area contributed by atoms with Crippen LogP contribution in [0, 0.1) is 6.92 Å². The number of aliphatic hydroxyl groups excluding tert-OH is 1. The molecule has 0 aliphatic carbocycles. The third kappa shape index (κ3) is 2.05. The zero-order valence-electron chi connectivity index (χ0n) is 8.82. The van der Waals surface area contributed by atoms with Crippen LogP contribution in [-0.2, 0) is 0 Å². The van der Waals surface area contributed by atoms with E-state index in [1.165, 1.54) is 0 Å². The van der Waals surface area contributed by atoms with E-state index in [2.05, 4.69) is 0 Å². The molecule has 3 N–H and O–H groups in total. The van der Waals surface area contributed by atoms with Gasteiger partial charge in [-0.1, -0.05) is 12.1 Å². The van der Waals surface area contributed by atoms with Crippen LogP contribution in [0.3, 0.4) is 0 Å². The minimum atomic E-state index is -0.579. The Hall–Kier alpha value is -1.06. The maximum Gasteiger partial charge on any atom is 0.123 e. The first kappa shape index (κ1) is 11.0. The van der Waals surface area contributed by atoms with Crippen molar-refractivity contribution in [3.05, 3.63) is 29.3 Å². The number of hydrogen-bond donors (Lipinski definition) is 2. The Morgan fingerprint density at radius 3 is 2.57 bits per heavy atom. The van der Waals surface area contributed by atoms with Crippen LogP contribution in [0.25, 0.3) is 0 Å². The molecule has 2 atom stereocenters. The Bertz CT molecular complexity index is 310. The van der Waals surface area contributed by atoms with Crippen LogP contribution in [0.5, 0.6) is 5.75 Å².